The summed E-state index contributed by atoms with van der Waals surface area (Å²) in [5.41, 5.74) is 0.933. The molecule has 0 spiro atoms. The van der Waals surface area contributed by atoms with Gasteiger partial charge in [-0.15, -0.1) is 0 Å². The minimum absolute atomic E-state index is 0.127. The Morgan fingerprint density at radius 3 is 2.22 bits per heavy atom. The van der Waals surface area contributed by atoms with Crippen LogP contribution in [0.25, 0.3) is 0 Å². The quantitative estimate of drug-likeness (QED) is 0.154. The van der Waals surface area contributed by atoms with E-state index < -0.39 is 0 Å². The minimum atomic E-state index is 0.127. The lowest BCUT2D eigenvalue weighted by Crippen LogP contribution is -2.05. The number of rotatable bonds is 13. The van der Waals surface area contributed by atoms with Gasteiger partial charge in [-0.25, -0.2) is 0 Å². The molecule has 0 atom stereocenters. The number of oxime groups is 1. The Labute approximate surface area is 208 Å². The Morgan fingerprint density at radius 1 is 0.938 bits per heavy atom. The number of hydrogen-bond donors (Lipinski definition) is 0. The van der Waals surface area contributed by atoms with Gasteiger partial charge in [0.25, 0.3) is 0 Å². The third kappa shape index (κ3) is 10.2. The molecule has 0 N–H and O–H groups in total. The summed E-state index contributed by atoms with van der Waals surface area (Å²) in [6.07, 6.45) is 4.84. The second-order valence-corrected chi connectivity index (χ2v) is 8.70. The topological polar surface area (TPSA) is 49.3 Å². The van der Waals surface area contributed by atoms with Gasteiger partial charge in [-0.1, -0.05) is 51.6 Å². The van der Waals surface area contributed by atoms with E-state index in [1.165, 1.54) is 6.08 Å². The lowest BCUT2D eigenvalue weighted by Gasteiger charge is -2.12. The molecule has 0 saturated heterocycles. The van der Waals surface area contributed by atoms with Gasteiger partial charge in [0.05, 0.1) is 29.0 Å². The second kappa shape index (κ2) is 14.4. The minimum Gasteiger partial charge on any atom is -0.491 e. The number of hydrogen-bond acceptors (Lipinski definition) is 5. The van der Waals surface area contributed by atoms with Crippen LogP contribution < -0.4 is 14.2 Å². The van der Waals surface area contributed by atoms with Crippen molar-refractivity contribution in [3.05, 3.63) is 62.6 Å². The molecule has 0 radical (unpaired) electrons. The molecule has 9 heteroatoms. The SMILES string of the molecule is CC(C)Oc1ccc(/C=N/OCCCCOc2c(Cl)cc(OCC=C(Cl)Cl)cc2Cl)cc1. The summed E-state index contributed by atoms with van der Waals surface area (Å²) in [4.78, 5) is 5.29. The molecule has 2 aromatic rings. The fourth-order valence-electron chi connectivity index (χ4n) is 2.46. The highest BCUT2D eigenvalue weighted by Gasteiger charge is 2.10. The van der Waals surface area contributed by atoms with Gasteiger partial charge in [0.15, 0.2) is 5.75 Å². The van der Waals surface area contributed by atoms with Crippen molar-refractivity contribution in [1.82, 2.24) is 0 Å². The van der Waals surface area contributed by atoms with Crippen LogP contribution in [0.3, 0.4) is 0 Å². The van der Waals surface area contributed by atoms with E-state index in [1.807, 2.05) is 38.1 Å². The molecule has 0 saturated carbocycles. The van der Waals surface area contributed by atoms with E-state index in [4.69, 9.17) is 65.5 Å². The van der Waals surface area contributed by atoms with Gasteiger partial charge < -0.3 is 19.0 Å². The van der Waals surface area contributed by atoms with Crippen LogP contribution in [0.15, 0.2) is 52.1 Å². The van der Waals surface area contributed by atoms with E-state index in [-0.39, 0.29) is 17.2 Å². The molecule has 5 nitrogen and oxygen atoms in total. The van der Waals surface area contributed by atoms with Crippen LogP contribution in [-0.2, 0) is 4.84 Å². The third-order valence-electron chi connectivity index (χ3n) is 3.86. The van der Waals surface area contributed by atoms with Crippen molar-refractivity contribution >= 4 is 52.6 Å². The smallest absolute Gasteiger partial charge is 0.156 e. The molecule has 0 aliphatic carbocycles. The van der Waals surface area contributed by atoms with E-state index in [9.17, 15) is 0 Å². The van der Waals surface area contributed by atoms with Crippen molar-refractivity contribution in [2.45, 2.75) is 32.8 Å². The van der Waals surface area contributed by atoms with Crippen LogP contribution in [0.5, 0.6) is 17.2 Å². The van der Waals surface area contributed by atoms with Gasteiger partial charge in [-0.2, -0.15) is 0 Å². The Bertz CT molecular complexity index is 874. The molecule has 0 fully saturated rings. The lowest BCUT2D eigenvalue weighted by molar-refractivity contribution is 0.137. The van der Waals surface area contributed by atoms with Crippen LogP contribution >= 0.6 is 46.4 Å². The molecule has 0 aromatic heterocycles. The highest BCUT2D eigenvalue weighted by molar-refractivity contribution is 6.55. The number of ether oxygens (including phenoxy) is 3. The van der Waals surface area contributed by atoms with Gasteiger partial charge in [0.1, 0.15) is 29.2 Å². The monoisotopic (exact) mass is 519 g/mol. The van der Waals surface area contributed by atoms with Gasteiger partial charge in [-0.05, 0) is 62.6 Å². The number of unbranched alkanes of at least 4 members (excludes halogenated alkanes) is 1. The van der Waals surface area contributed by atoms with E-state index in [1.54, 1.807) is 18.3 Å². The van der Waals surface area contributed by atoms with E-state index in [0.29, 0.717) is 34.8 Å². The first kappa shape index (κ1) is 26.5. The van der Waals surface area contributed by atoms with E-state index in [2.05, 4.69) is 5.16 Å². The van der Waals surface area contributed by atoms with Crippen molar-refractivity contribution in [2.75, 3.05) is 19.8 Å². The average Bonchev–Trinajstić information content (AvgIpc) is 2.72. The van der Waals surface area contributed by atoms with Crippen LogP contribution in [0, 0.1) is 0 Å². The second-order valence-electron chi connectivity index (χ2n) is 6.88. The zero-order valence-corrected chi connectivity index (χ0v) is 20.8. The highest BCUT2D eigenvalue weighted by Crippen LogP contribution is 2.37. The molecule has 174 valence electrons. The third-order valence-corrected chi connectivity index (χ3v) is 4.73. The lowest BCUT2D eigenvalue weighted by atomic mass is 10.2. The summed E-state index contributed by atoms with van der Waals surface area (Å²) >= 11 is 23.6. The summed E-state index contributed by atoms with van der Waals surface area (Å²) < 4.78 is 16.9. The molecule has 0 bridgehead atoms. The molecule has 0 heterocycles. The van der Waals surface area contributed by atoms with Crippen LogP contribution in [-0.4, -0.2) is 32.1 Å². The van der Waals surface area contributed by atoms with Gasteiger partial charge in [0.2, 0.25) is 0 Å². The van der Waals surface area contributed by atoms with Crippen molar-refractivity contribution in [3.8, 4) is 17.2 Å². The molecule has 0 unspecified atom stereocenters. The summed E-state index contributed by atoms with van der Waals surface area (Å²) in [5.74, 6) is 1.73. The van der Waals surface area contributed by atoms with Crippen molar-refractivity contribution in [1.29, 1.82) is 0 Å². The van der Waals surface area contributed by atoms with Crippen LogP contribution in [0.2, 0.25) is 10.0 Å². The molecular formula is C23H25Cl4NO4. The van der Waals surface area contributed by atoms with Crippen LogP contribution in [0.1, 0.15) is 32.3 Å². The molecule has 0 aliphatic rings. The largest absolute Gasteiger partial charge is 0.491 e. The fourth-order valence-corrected chi connectivity index (χ4v) is 3.16. The zero-order chi connectivity index (χ0) is 23.3. The Kier molecular flexibility index (Phi) is 11.9. The molecule has 0 aliphatic heterocycles. The zero-order valence-electron chi connectivity index (χ0n) is 17.8. The summed E-state index contributed by atoms with van der Waals surface area (Å²) in [7, 11) is 0. The number of nitrogens with zero attached hydrogens (tertiary/aromatic N) is 1. The predicted octanol–water partition coefficient (Wildman–Crippen LogP) is 7.69. The van der Waals surface area contributed by atoms with Gasteiger partial charge in [-0.3, -0.25) is 0 Å². The molecule has 0 amide bonds. The number of halogens is 4. The van der Waals surface area contributed by atoms with E-state index in [0.717, 1.165) is 24.2 Å². The normalized spacial score (nSPS) is 11.0. The first-order valence-corrected chi connectivity index (χ1v) is 11.5. The van der Waals surface area contributed by atoms with E-state index >= 15 is 0 Å². The Balaban J connectivity index is 1.66. The number of benzene rings is 2. The maximum atomic E-state index is 6.24. The first-order chi connectivity index (χ1) is 15.3. The standard InChI is InChI=1S/C23H25Cl4NO4/c1-16(2)32-18-7-5-17(6-8-18)15-28-31-11-4-3-10-30-23-20(24)13-19(14-21(23)25)29-12-9-22(26)27/h5-9,13-16H,3-4,10-12H2,1-2H3/b28-15+. The molecule has 32 heavy (non-hydrogen) atoms. The maximum Gasteiger partial charge on any atom is 0.156 e. The summed E-state index contributed by atoms with van der Waals surface area (Å²) in [6.45, 7) is 5.09. The molecular weight excluding hydrogens is 496 g/mol. The predicted molar refractivity (Wildman–Crippen MR) is 132 cm³/mol. The van der Waals surface area contributed by atoms with Crippen molar-refractivity contribution in [2.24, 2.45) is 5.16 Å². The Morgan fingerprint density at radius 2 is 1.59 bits per heavy atom. The van der Waals surface area contributed by atoms with Gasteiger partial charge >= 0.3 is 0 Å². The Hall–Kier alpha value is -1.79. The molecule has 2 aromatic carbocycles. The first-order valence-electron chi connectivity index (χ1n) is 10.0. The van der Waals surface area contributed by atoms with Crippen LogP contribution in [0.4, 0.5) is 0 Å². The highest BCUT2D eigenvalue weighted by atomic mass is 35.5. The summed E-state index contributed by atoms with van der Waals surface area (Å²) in [6, 6.07) is 10.9. The van der Waals surface area contributed by atoms with Crippen molar-refractivity contribution in [3.63, 3.8) is 0 Å². The van der Waals surface area contributed by atoms with Crippen molar-refractivity contribution < 1.29 is 19.0 Å². The average molecular weight is 521 g/mol. The van der Waals surface area contributed by atoms with Gasteiger partial charge in [0, 0.05) is 12.1 Å². The fraction of sp³-hybridized carbons (Fsp3) is 0.348. The maximum absolute atomic E-state index is 6.24. The molecule has 2 rings (SSSR count). The summed E-state index contributed by atoms with van der Waals surface area (Å²) in [5, 5.41) is 4.70.